The third-order valence-electron chi connectivity index (χ3n) is 2.51. The van der Waals surface area contributed by atoms with Gasteiger partial charge in [0.25, 0.3) is 0 Å². The van der Waals surface area contributed by atoms with Gasteiger partial charge in [0.05, 0.1) is 18.8 Å². The fourth-order valence-corrected chi connectivity index (χ4v) is 1.56. The molecule has 0 bridgehead atoms. The Labute approximate surface area is 108 Å². The quantitative estimate of drug-likeness (QED) is 0.550. The first-order valence-corrected chi connectivity index (χ1v) is 5.93. The summed E-state index contributed by atoms with van der Waals surface area (Å²) in [6.45, 7) is 5.26. The van der Waals surface area contributed by atoms with Gasteiger partial charge in [0.15, 0.2) is 6.79 Å². The van der Waals surface area contributed by atoms with Crippen LogP contribution in [0.25, 0.3) is 0 Å². The third-order valence-corrected chi connectivity index (χ3v) is 2.51. The van der Waals surface area contributed by atoms with Gasteiger partial charge in [0.2, 0.25) is 0 Å². The predicted molar refractivity (Wildman–Crippen MR) is 68.6 cm³/mol. The van der Waals surface area contributed by atoms with Crippen molar-refractivity contribution in [2.45, 2.75) is 19.8 Å². The molecule has 0 radical (unpaired) electrons. The first-order chi connectivity index (χ1) is 8.70. The molecular weight excluding hydrogens is 230 g/mol. The molecule has 0 atom stereocenters. The summed E-state index contributed by atoms with van der Waals surface area (Å²) in [7, 11) is 1.62. The smallest absolute Gasteiger partial charge is 0.189 e. The normalized spacial score (nSPS) is 10.4. The van der Waals surface area contributed by atoms with Gasteiger partial charge >= 0.3 is 0 Å². The van der Waals surface area contributed by atoms with Crippen LogP contribution in [0.15, 0.2) is 18.2 Å². The van der Waals surface area contributed by atoms with Crippen LogP contribution in [0, 0.1) is 11.3 Å². The van der Waals surface area contributed by atoms with Gasteiger partial charge in [-0.25, -0.2) is 0 Å². The first-order valence-electron chi connectivity index (χ1n) is 5.93. The van der Waals surface area contributed by atoms with E-state index in [1.54, 1.807) is 13.2 Å². The molecule has 18 heavy (non-hydrogen) atoms. The van der Waals surface area contributed by atoms with Crippen molar-refractivity contribution in [3.8, 4) is 11.8 Å². The van der Waals surface area contributed by atoms with E-state index in [9.17, 15) is 0 Å². The molecule has 4 heteroatoms. The molecule has 0 N–H and O–H groups in total. The molecule has 0 spiro atoms. The summed E-state index contributed by atoms with van der Waals surface area (Å²) in [6, 6.07) is 7.72. The Morgan fingerprint density at radius 1 is 1.28 bits per heavy atom. The Kier molecular flexibility index (Phi) is 6.20. The zero-order valence-electron chi connectivity index (χ0n) is 11.1. The van der Waals surface area contributed by atoms with Crippen LogP contribution in [-0.2, 0) is 9.47 Å². The van der Waals surface area contributed by atoms with Crippen LogP contribution in [0.2, 0.25) is 0 Å². The Morgan fingerprint density at radius 2 is 2.06 bits per heavy atom. The summed E-state index contributed by atoms with van der Waals surface area (Å²) < 4.78 is 15.7. The molecule has 0 aromatic heterocycles. The number of hydrogen-bond donors (Lipinski definition) is 0. The number of rotatable bonds is 7. The highest BCUT2D eigenvalue weighted by Gasteiger charge is 2.12. The second-order valence-electron chi connectivity index (χ2n) is 4.15. The highest BCUT2D eigenvalue weighted by Crippen LogP contribution is 2.29. The topological polar surface area (TPSA) is 51.5 Å². The molecular formula is C14H19NO3. The average Bonchev–Trinajstić information content (AvgIpc) is 2.38. The zero-order valence-corrected chi connectivity index (χ0v) is 11.1. The Balaban J connectivity index is 2.70. The van der Waals surface area contributed by atoms with E-state index in [0.29, 0.717) is 30.4 Å². The Bertz CT molecular complexity index is 410. The number of nitriles is 1. The molecule has 4 nitrogen and oxygen atoms in total. The Hall–Kier alpha value is -1.57. The van der Waals surface area contributed by atoms with E-state index < -0.39 is 0 Å². The second-order valence-corrected chi connectivity index (χ2v) is 4.15. The molecule has 1 aromatic carbocycles. The van der Waals surface area contributed by atoms with Crippen molar-refractivity contribution in [2.24, 2.45) is 0 Å². The summed E-state index contributed by atoms with van der Waals surface area (Å²) in [4.78, 5) is 0. The highest BCUT2D eigenvalue weighted by atomic mass is 16.7. The van der Waals surface area contributed by atoms with Crippen LogP contribution in [0.1, 0.15) is 30.9 Å². The third kappa shape index (κ3) is 4.02. The monoisotopic (exact) mass is 249 g/mol. The van der Waals surface area contributed by atoms with Crippen molar-refractivity contribution in [3.63, 3.8) is 0 Å². The lowest BCUT2D eigenvalue weighted by Gasteiger charge is -2.15. The van der Waals surface area contributed by atoms with Crippen molar-refractivity contribution < 1.29 is 14.2 Å². The SMILES string of the molecule is COCCOCOc1c(C#N)cccc1C(C)C. The number of para-hydroxylation sites is 1. The minimum atomic E-state index is 0.127. The van der Waals surface area contributed by atoms with Crippen LogP contribution in [0.4, 0.5) is 0 Å². The first kappa shape index (κ1) is 14.5. The molecule has 0 amide bonds. The predicted octanol–water partition coefficient (Wildman–Crippen LogP) is 2.68. The van der Waals surface area contributed by atoms with Crippen LogP contribution >= 0.6 is 0 Å². The molecule has 0 saturated heterocycles. The number of benzene rings is 1. The fraction of sp³-hybridized carbons (Fsp3) is 0.500. The van der Waals surface area contributed by atoms with E-state index in [1.807, 2.05) is 12.1 Å². The van der Waals surface area contributed by atoms with Gasteiger partial charge in [-0.05, 0) is 17.5 Å². The van der Waals surface area contributed by atoms with Gasteiger partial charge in [-0.2, -0.15) is 5.26 Å². The number of nitrogens with zero attached hydrogens (tertiary/aromatic N) is 1. The summed E-state index contributed by atoms with van der Waals surface area (Å²) in [5, 5.41) is 9.07. The van der Waals surface area contributed by atoms with Gasteiger partial charge in [-0.1, -0.05) is 26.0 Å². The summed E-state index contributed by atoms with van der Waals surface area (Å²) >= 11 is 0. The molecule has 0 aliphatic carbocycles. The lowest BCUT2D eigenvalue weighted by molar-refractivity contribution is -0.00907. The van der Waals surface area contributed by atoms with Gasteiger partial charge in [-0.15, -0.1) is 0 Å². The van der Waals surface area contributed by atoms with Gasteiger partial charge in [0.1, 0.15) is 11.8 Å². The molecule has 0 aliphatic heterocycles. The van der Waals surface area contributed by atoms with Crippen molar-refractivity contribution in [1.82, 2.24) is 0 Å². The highest BCUT2D eigenvalue weighted by molar-refractivity contribution is 5.49. The minimum absolute atomic E-state index is 0.127. The maximum absolute atomic E-state index is 9.07. The molecule has 0 heterocycles. The molecule has 0 saturated carbocycles. The maximum Gasteiger partial charge on any atom is 0.189 e. The van der Waals surface area contributed by atoms with Gasteiger partial charge < -0.3 is 14.2 Å². The van der Waals surface area contributed by atoms with Crippen molar-refractivity contribution in [3.05, 3.63) is 29.3 Å². The molecule has 0 aliphatic rings. The fourth-order valence-electron chi connectivity index (χ4n) is 1.56. The van der Waals surface area contributed by atoms with E-state index in [0.717, 1.165) is 5.56 Å². The summed E-state index contributed by atoms with van der Waals surface area (Å²) in [5.41, 5.74) is 1.56. The van der Waals surface area contributed by atoms with Crippen LogP contribution < -0.4 is 4.74 Å². The molecule has 1 aromatic rings. The van der Waals surface area contributed by atoms with Gasteiger partial charge in [-0.3, -0.25) is 0 Å². The summed E-state index contributed by atoms with van der Waals surface area (Å²) in [5.74, 6) is 0.916. The van der Waals surface area contributed by atoms with Crippen LogP contribution in [0.3, 0.4) is 0 Å². The van der Waals surface area contributed by atoms with Gasteiger partial charge in [0, 0.05) is 7.11 Å². The second kappa shape index (κ2) is 7.70. The zero-order chi connectivity index (χ0) is 13.4. The standard InChI is InChI=1S/C14H19NO3/c1-11(2)13-6-4-5-12(9-15)14(13)18-10-17-8-7-16-3/h4-6,11H,7-8,10H2,1-3H3. The summed E-state index contributed by atoms with van der Waals surface area (Å²) in [6.07, 6.45) is 0. The molecule has 0 unspecified atom stereocenters. The number of methoxy groups -OCH3 is 1. The van der Waals surface area contributed by atoms with Crippen LogP contribution in [0.5, 0.6) is 5.75 Å². The molecule has 98 valence electrons. The van der Waals surface area contributed by atoms with Crippen molar-refractivity contribution >= 4 is 0 Å². The van der Waals surface area contributed by atoms with Crippen molar-refractivity contribution in [1.29, 1.82) is 5.26 Å². The Morgan fingerprint density at radius 3 is 2.67 bits per heavy atom. The minimum Gasteiger partial charge on any atom is -0.466 e. The van der Waals surface area contributed by atoms with E-state index in [2.05, 4.69) is 19.9 Å². The van der Waals surface area contributed by atoms with Crippen molar-refractivity contribution in [2.75, 3.05) is 27.1 Å². The van der Waals surface area contributed by atoms with E-state index in [-0.39, 0.29) is 6.79 Å². The van der Waals surface area contributed by atoms with E-state index in [4.69, 9.17) is 19.5 Å². The largest absolute Gasteiger partial charge is 0.466 e. The van der Waals surface area contributed by atoms with Crippen LogP contribution in [-0.4, -0.2) is 27.1 Å². The van der Waals surface area contributed by atoms with E-state index >= 15 is 0 Å². The maximum atomic E-state index is 9.07. The number of hydrogen-bond acceptors (Lipinski definition) is 4. The lowest BCUT2D eigenvalue weighted by atomic mass is 9.99. The molecule has 0 fully saturated rings. The number of ether oxygens (including phenoxy) is 3. The average molecular weight is 249 g/mol. The lowest BCUT2D eigenvalue weighted by Crippen LogP contribution is -2.10. The van der Waals surface area contributed by atoms with E-state index in [1.165, 1.54) is 0 Å². The molecule has 1 rings (SSSR count).